The molecule has 0 aliphatic rings. The van der Waals surface area contributed by atoms with Crippen LogP contribution in [0.1, 0.15) is 11.1 Å². The predicted octanol–water partition coefficient (Wildman–Crippen LogP) is 2.49. The molecule has 1 aromatic rings. The SMILES string of the molecule is Cc1c(NC(=O)C(F)(F)F)ccc(S(=O)(=O)Cl)c1CC#N. The average Bonchev–Trinajstić information content (AvgIpc) is 2.31. The van der Waals surface area contributed by atoms with Gasteiger partial charge in [-0.05, 0) is 30.2 Å². The van der Waals surface area contributed by atoms with E-state index in [2.05, 4.69) is 0 Å². The maximum atomic E-state index is 12.2. The number of alkyl halides is 3. The van der Waals surface area contributed by atoms with Crippen molar-refractivity contribution in [3.05, 3.63) is 23.3 Å². The number of rotatable bonds is 3. The highest BCUT2D eigenvalue weighted by Gasteiger charge is 2.39. The Hall–Kier alpha value is -1.79. The monoisotopic (exact) mass is 340 g/mol. The van der Waals surface area contributed by atoms with Gasteiger partial charge < -0.3 is 5.32 Å². The van der Waals surface area contributed by atoms with Crippen LogP contribution in [0.2, 0.25) is 0 Å². The lowest BCUT2D eigenvalue weighted by Gasteiger charge is -2.14. The molecule has 0 heterocycles. The standard InChI is InChI=1S/C11H8ClF3N2O3S/c1-6-7(4-5-16)9(21(12,19)20)3-2-8(6)17-10(18)11(13,14)15/h2-3H,4H2,1H3,(H,17,18). The van der Waals surface area contributed by atoms with Gasteiger partial charge >= 0.3 is 12.1 Å². The molecule has 1 N–H and O–H groups in total. The summed E-state index contributed by atoms with van der Waals surface area (Å²) in [6.45, 7) is 1.28. The van der Waals surface area contributed by atoms with Crippen molar-refractivity contribution in [2.45, 2.75) is 24.4 Å². The van der Waals surface area contributed by atoms with Crippen molar-refractivity contribution in [1.29, 1.82) is 5.26 Å². The fourth-order valence-corrected chi connectivity index (χ4v) is 2.77. The van der Waals surface area contributed by atoms with Gasteiger partial charge in [0.1, 0.15) is 0 Å². The summed E-state index contributed by atoms with van der Waals surface area (Å²) in [7, 11) is 1.03. The van der Waals surface area contributed by atoms with E-state index in [1.807, 2.05) is 0 Å². The number of nitrogens with zero attached hydrogens (tertiary/aromatic N) is 1. The van der Waals surface area contributed by atoms with E-state index in [0.717, 1.165) is 12.1 Å². The van der Waals surface area contributed by atoms with E-state index in [0.29, 0.717) is 0 Å². The van der Waals surface area contributed by atoms with Gasteiger partial charge in [-0.3, -0.25) is 4.79 Å². The lowest BCUT2D eigenvalue weighted by Crippen LogP contribution is -2.30. The number of halogens is 4. The minimum atomic E-state index is -5.08. The molecule has 1 amide bonds. The number of carbonyl (C=O) groups is 1. The van der Waals surface area contributed by atoms with Gasteiger partial charge in [-0.15, -0.1) is 0 Å². The van der Waals surface area contributed by atoms with Crippen LogP contribution in [-0.4, -0.2) is 20.5 Å². The molecule has 0 bridgehead atoms. The number of carbonyl (C=O) groups excluding carboxylic acids is 1. The van der Waals surface area contributed by atoms with Gasteiger partial charge in [-0.1, -0.05) is 0 Å². The lowest BCUT2D eigenvalue weighted by atomic mass is 10.0. The molecule has 0 aliphatic heterocycles. The van der Waals surface area contributed by atoms with Crippen molar-refractivity contribution in [1.82, 2.24) is 0 Å². The molecule has 0 spiro atoms. The van der Waals surface area contributed by atoms with Crippen LogP contribution in [0.4, 0.5) is 18.9 Å². The molecule has 10 heteroatoms. The predicted molar refractivity (Wildman–Crippen MR) is 68.2 cm³/mol. The van der Waals surface area contributed by atoms with E-state index in [1.165, 1.54) is 6.92 Å². The van der Waals surface area contributed by atoms with E-state index in [9.17, 15) is 26.4 Å². The summed E-state index contributed by atoms with van der Waals surface area (Å²) in [6.07, 6.45) is -5.47. The first-order chi connectivity index (χ1) is 9.48. The first-order valence-corrected chi connectivity index (χ1v) is 7.61. The Morgan fingerprint density at radius 1 is 1.43 bits per heavy atom. The first kappa shape index (κ1) is 17.3. The Kier molecular flexibility index (Phi) is 4.86. The minimum absolute atomic E-state index is 0.0240. The van der Waals surface area contributed by atoms with Crippen LogP contribution >= 0.6 is 10.7 Å². The molecule has 0 unspecified atom stereocenters. The molecule has 0 radical (unpaired) electrons. The van der Waals surface area contributed by atoms with Crippen LogP contribution < -0.4 is 5.32 Å². The largest absolute Gasteiger partial charge is 0.471 e. The summed E-state index contributed by atoms with van der Waals surface area (Å²) < 4.78 is 59.3. The number of nitrogens with one attached hydrogen (secondary N) is 1. The van der Waals surface area contributed by atoms with Gasteiger partial charge in [-0.25, -0.2) is 8.42 Å². The Bertz CT molecular complexity index is 723. The number of hydrogen-bond donors (Lipinski definition) is 1. The normalized spacial score (nSPS) is 11.8. The Labute approximate surface area is 122 Å². The third-order valence-corrected chi connectivity index (χ3v) is 3.99. The zero-order valence-electron chi connectivity index (χ0n) is 10.5. The Balaban J connectivity index is 3.38. The molecule has 114 valence electrons. The maximum Gasteiger partial charge on any atom is 0.471 e. The summed E-state index contributed by atoms with van der Waals surface area (Å²) in [6, 6.07) is 3.61. The molecule has 1 aromatic carbocycles. The maximum absolute atomic E-state index is 12.2. The molecule has 21 heavy (non-hydrogen) atoms. The topological polar surface area (TPSA) is 87.0 Å². The molecular weight excluding hydrogens is 333 g/mol. The quantitative estimate of drug-likeness (QED) is 0.856. The fourth-order valence-electron chi connectivity index (χ4n) is 1.59. The van der Waals surface area contributed by atoms with Gasteiger partial charge in [0.2, 0.25) is 0 Å². The van der Waals surface area contributed by atoms with Gasteiger partial charge in [0.25, 0.3) is 9.05 Å². The Morgan fingerprint density at radius 3 is 2.43 bits per heavy atom. The highest BCUT2D eigenvalue weighted by atomic mass is 35.7. The van der Waals surface area contributed by atoms with Crippen molar-refractivity contribution in [2.75, 3.05) is 5.32 Å². The van der Waals surface area contributed by atoms with E-state index in [4.69, 9.17) is 15.9 Å². The second-order valence-corrected chi connectivity index (χ2v) is 6.47. The molecule has 0 atom stereocenters. The number of nitriles is 1. The van der Waals surface area contributed by atoms with E-state index >= 15 is 0 Å². The zero-order valence-corrected chi connectivity index (χ0v) is 12.0. The number of hydrogen-bond acceptors (Lipinski definition) is 4. The molecule has 0 fully saturated rings. The zero-order chi connectivity index (χ0) is 16.4. The third kappa shape index (κ3) is 4.09. The smallest absolute Gasteiger partial charge is 0.318 e. The molecule has 1 rings (SSSR count). The van der Waals surface area contributed by atoms with Gasteiger partial charge in [-0.2, -0.15) is 18.4 Å². The molecule has 0 aromatic heterocycles. The van der Waals surface area contributed by atoms with Crippen molar-refractivity contribution >= 4 is 31.3 Å². The second kappa shape index (κ2) is 5.91. The van der Waals surface area contributed by atoms with Crippen molar-refractivity contribution in [3.8, 4) is 6.07 Å². The lowest BCUT2D eigenvalue weighted by molar-refractivity contribution is -0.167. The fraction of sp³-hybridized carbons (Fsp3) is 0.273. The highest BCUT2D eigenvalue weighted by Crippen LogP contribution is 2.29. The Morgan fingerprint density at radius 2 is 2.00 bits per heavy atom. The van der Waals surface area contributed by atoms with Gasteiger partial charge in [0, 0.05) is 16.4 Å². The van der Waals surface area contributed by atoms with Crippen LogP contribution in [0, 0.1) is 18.3 Å². The van der Waals surface area contributed by atoms with E-state index in [-0.39, 0.29) is 28.1 Å². The van der Waals surface area contributed by atoms with Gasteiger partial charge in [0.15, 0.2) is 0 Å². The first-order valence-electron chi connectivity index (χ1n) is 5.30. The van der Waals surface area contributed by atoms with Crippen LogP contribution in [0.3, 0.4) is 0 Å². The van der Waals surface area contributed by atoms with Crippen molar-refractivity contribution in [2.24, 2.45) is 0 Å². The summed E-state index contributed by atoms with van der Waals surface area (Å²) in [4.78, 5) is 10.5. The van der Waals surface area contributed by atoms with Gasteiger partial charge in [0.05, 0.1) is 17.4 Å². The molecule has 5 nitrogen and oxygen atoms in total. The van der Waals surface area contributed by atoms with Crippen LogP contribution in [0.15, 0.2) is 17.0 Å². The second-order valence-electron chi connectivity index (χ2n) is 3.94. The molecule has 0 aliphatic carbocycles. The molecule has 0 saturated carbocycles. The summed E-state index contributed by atoms with van der Waals surface area (Å²) in [5.41, 5.74) is -0.282. The van der Waals surface area contributed by atoms with Crippen LogP contribution in [0.5, 0.6) is 0 Å². The van der Waals surface area contributed by atoms with Crippen LogP contribution in [0.25, 0.3) is 0 Å². The number of amides is 1. The summed E-state index contributed by atoms with van der Waals surface area (Å²) >= 11 is 0. The minimum Gasteiger partial charge on any atom is -0.318 e. The average molecular weight is 341 g/mol. The molecular formula is C11H8ClF3N2O3S. The summed E-state index contributed by atoms with van der Waals surface area (Å²) in [5, 5.41) is 10.3. The highest BCUT2D eigenvalue weighted by molar-refractivity contribution is 8.13. The van der Waals surface area contributed by atoms with Crippen molar-refractivity contribution in [3.63, 3.8) is 0 Å². The number of anilines is 1. The van der Waals surface area contributed by atoms with E-state index in [1.54, 1.807) is 11.4 Å². The van der Waals surface area contributed by atoms with Crippen LogP contribution in [-0.2, 0) is 20.3 Å². The summed E-state index contributed by atoms with van der Waals surface area (Å²) in [5.74, 6) is -2.20. The molecule has 0 saturated heterocycles. The third-order valence-electron chi connectivity index (χ3n) is 2.58. The van der Waals surface area contributed by atoms with E-state index < -0.39 is 21.1 Å². The number of benzene rings is 1. The van der Waals surface area contributed by atoms with Crippen molar-refractivity contribution < 1.29 is 26.4 Å².